The fourth-order valence-corrected chi connectivity index (χ4v) is 3.07. The number of nitrogens with one attached hydrogen (secondary N) is 2. The Bertz CT molecular complexity index is 582. The summed E-state index contributed by atoms with van der Waals surface area (Å²) in [6, 6.07) is 4.27. The SMILES string of the molecule is CNC1CCCN(C(=O)CCNC(=O)c2cc(F)ccc2Br)C1. The van der Waals surface area contributed by atoms with Gasteiger partial charge >= 0.3 is 0 Å². The van der Waals surface area contributed by atoms with Crippen LogP contribution in [0.25, 0.3) is 0 Å². The first-order valence-corrected chi connectivity index (χ1v) is 8.49. The molecule has 1 aromatic rings. The molecule has 0 aliphatic carbocycles. The van der Waals surface area contributed by atoms with Crippen molar-refractivity contribution in [1.82, 2.24) is 15.5 Å². The van der Waals surface area contributed by atoms with Gasteiger partial charge in [-0.15, -0.1) is 0 Å². The molecule has 1 unspecified atom stereocenters. The molecule has 1 saturated heterocycles. The van der Waals surface area contributed by atoms with E-state index in [1.807, 2.05) is 11.9 Å². The highest BCUT2D eigenvalue weighted by Crippen LogP contribution is 2.17. The van der Waals surface area contributed by atoms with Gasteiger partial charge in [-0.25, -0.2) is 4.39 Å². The summed E-state index contributed by atoms with van der Waals surface area (Å²) >= 11 is 3.22. The van der Waals surface area contributed by atoms with Crippen LogP contribution in [0.2, 0.25) is 0 Å². The van der Waals surface area contributed by atoms with Gasteiger partial charge in [0.2, 0.25) is 5.91 Å². The van der Waals surface area contributed by atoms with E-state index in [1.165, 1.54) is 18.2 Å². The Labute approximate surface area is 143 Å². The summed E-state index contributed by atoms with van der Waals surface area (Å²) in [7, 11) is 1.90. The van der Waals surface area contributed by atoms with Gasteiger partial charge in [0.25, 0.3) is 5.91 Å². The Morgan fingerprint density at radius 2 is 2.22 bits per heavy atom. The number of hydrogen-bond acceptors (Lipinski definition) is 3. The minimum Gasteiger partial charge on any atom is -0.351 e. The van der Waals surface area contributed by atoms with Crippen molar-refractivity contribution in [2.45, 2.75) is 25.3 Å². The summed E-state index contributed by atoms with van der Waals surface area (Å²) in [5.41, 5.74) is 0.227. The van der Waals surface area contributed by atoms with Gasteiger partial charge in [-0.05, 0) is 54.0 Å². The zero-order valence-electron chi connectivity index (χ0n) is 13.1. The summed E-state index contributed by atoms with van der Waals surface area (Å²) in [6.45, 7) is 1.71. The lowest BCUT2D eigenvalue weighted by Crippen LogP contribution is -2.47. The topological polar surface area (TPSA) is 61.4 Å². The van der Waals surface area contributed by atoms with Crippen LogP contribution in [-0.4, -0.2) is 49.4 Å². The van der Waals surface area contributed by atoms with Gasteiger partial charge in [-0.1, -0.05) is 0 Å². The number of amides is 2. The molecular formula is C16H21BrFN3O2. The van der Waals surface area contributed by atoms with Crippen LogP contribution < -0.4 is 10.6 Å². The summed E-state index contributed by atoms with van der Waals surface area (Å²) in [6.07, 6.45) is 2.31. The van der Waals surface area contributed by atoms with Crippen molar-refractivity contribution < 1.29 is 14.0 Å². The van der Waals surface area contributed by atoms with E-state index in [0.717, 1.165) is 19.4 Å². The first-order valence-electron chi connectivity index (χ1n) is 7.69. The molecule has 0 bridgehead atoms. The fraction of sp³-hybridized carbons (Fsp3) is 0.500. The van der Waals surface area contributed by atoms with Gasteiger partial charge in [0.1, 0.15) is 5.82 Å². The average Bonchev–Trinajstić information content (AvgIpc) is 2.56. The number of rotatable bonds is 5. The van der Waals surface area contributed by atoms with Crippen molar-refractivity contribution in [3.8, 4) is 0 Å². The van der Waals surface area contributed by atoms with E-state index in [2.05, 4.69) is 26.6 Å². The molecule has 1 heterocycles. The molecular weight excluding hydrogens is 365 g/mol. The van der Waals surface area contributed by atoms with Crippen molar-refractivity contribution in [3.05, 3.63) is 34.1 Å². The van der Waals surface area contributed by atoms with Gasteiger partial charge in [0.15, 0.2) is 0 Å². The predicted octanol–water partition coefficient (Wildman–Crippen LogP) is 1.92. The molecule has 1 aromatic carbocycles. The number of halogens is 2. The maximum Gasteiger partial charge on any atom is 0.252 e. The van der Waals surface area contributed by atoms with Crippen molar-refractivity contribution in [3.63, 3.8) is 0 Å². The van der Waals surface area contributed by atoms with Crippen LogP contribution in [0.15, 0.2) is 22.7 Å². The van der Waals surface area contributed by atoms with Crippen molar-refractivity contribution in [2.24, 2.45) is 0 Å². The van der Waals surface area contributed by atoms with Crippen LogP contribution >= 0.6 is 15.9 Å². The molecule has 0 aromatic heterocycles. The van der Waals surface area contributed by atoms with Gasteiger partial charge in [-0.2, -0.15) is 0 Å². The lowest BCUT2D eigenvalue weighted by molar-refractivity contribution is -0.132. The maximum atomic E-state index is 13.2. The summed E-state index contributed by atoms with van der Waals surface area (Å²) < 4.78 is 13.7. The van der Waals surface area contributed by atoms with Gasteiger partial charge in [-0.3, -0.25) is 9.59 Å². The van der Waals surface area contributed by atoms with E-state index in [0.29, 0.717) is 17.1 Å². The number of likely N-dealkylation sites (N-methyl/N-ethyl adjacent to an activating group) is 1. The number of piperidine rings is 1. The largest absolute Gasteiger partial charge is 0.351 e. The maximum absolute atomic E-state index is 13.2. The van der Waals surface area contributed by atoms with E-state index in [-0.39, 0.29) is 24.4 Å². The van der Waals surface area contributed by atoms with Crippen LogP contribution in [0, 0.1) is 5.82 Å². The number of carbonyl (C=O) groups excluding carboxylic acids is 2. The number of likely N-dealkylation sites (tertiary alicyclic amines) is 1. The van der Waals surface area contributed by atoms with Crippen LogP contribution in [0.4, 0.5) is 4.39 Å². The number of benzene rings is 1. The molecule has 1 aliphatic heterocycles. The fourth-order valence-electron chi connectivity index (χ4n) is 2.65. The smallest absolute Gasteiger partial charge is 0.252 e. The highest BCUT2D eigenvalue weighted by Gasteiger charge is 2.22. The zero-order valence-corrected chi connectivity index (χ0v) is 14.7. The molecule has 2 N–H and O–H groups in total. The molecule has 2 amide bonds. The quantitative estimate of drug-likeness (QED) is 0.813. The van der Waals surface area contributed by atoms with E-state index < -0.39 is 11.7 Å². The molecule has 0 saturated carbocycles. The van der Waals surface area contributed by atoms with Gasteiger partial charge in [0, 0.05) is 36.6 Å². The molecule has 0 radical (unpaired) electrons. The molecule has 2 rings (SSSR count). The monoisotopic (exact) mass is 385 g/mol. The molecule has 0 spiro atoms. The molecule has 23 heavy (non-hydrogen) atoms. The van der Waals surface area contributed by atoms with E-state index in [9.17, 15) is 14.0 Å². The Balaban J connectivity index is 1.81. The summed E-state index contributed by atoms with van der Waals surface area (Å²) in [5.74, 6) is -0.833. The van der Waals surface area contributed by atoms with Crippen molar-refractivity contribution >= 4 is 27.7 Å². The highest BCUT2D eigenvalue weighted by molar-refractivity contribution is 9.10. The third kappa shape index (κ3) is 5.00. The van der Waals surface area contributed by atoms with Gasteiger partial charge < -0.3 is 15.5 Å². The van der Waals surface area contributed by atoms with E-state index in [1.54, 1.807) is 0 Å². The molecule has 1 fully saturated rings. The average molecular weight is 386 g/mol. The number of nitrogens with zero attached hydrogens (tertiary/aromatic N) is 1. The molecule has 5 nitrogen and oxygen atoms in total. The first-order chi connectivity index (χ1) is 11.0. The van der Waals surface area contributed by atoms with Gasteiger partial charge in [0.05, 0.1) is 5.56 Å². The Hall–Kier alpha value is -1.47. The zero-order chi connectivity index (χ0) is 16.8. The minimum atomic E-state index is -0.471. The third-order valence-electron chi connectivity index (χ3n) is 3.98. The predicted molar refractivity (Wildman–Crippen MR) is 89.7 cm³/mol. The van der Waals surface area contributed by atoms with E-state index >= 15 is 0 Å². The highest BCUT2D eigenvalue weighted by atomic mass is 79.9. The second kappa shape index (κ2) is 8.40. The second-order valence-electron chi connectivity index (χ2n) is 5.60. The molecule has 7 heteroatoms. The van der Waals surface area contributed by atoms with Crippen molar-refractivity contribution in [1.29, 1.82) is 0 Å². The number of hydrogen-bond donors (Lipinski definition) is 2. The van der Waals surface area contributed by atoms with Crippen LogP contribution in [0.5, 0.6) is 0 Å². The van der Waals surface area contributed by atoms with Crippen molar-refractivity contribution in [2.75, 3.05) is 26.7 Å². The van der Waals surface area contributed by atoms with E-state index in [4.69, 9.17) is 0 Å². The first kappa shape index (κ1) is 17.9. The standard InChI is InChI=1S/C16H21BrFN3O2/c1-19-12-3-2-8-21(10-12)15(22)6-7-20-16(23)13-9-11(18)4-5-14(13)17/h4-5,9,12,19H,2-3,6-8,10H2,1H3,(H,20,23). The summed E-state index contributed by atoms with van der Waals surface area (Å²) in [5, 5.41) is 5.86. The minimum absolute atomic E-state index is 0.0311. The Morgan fingerprint density at radius 3 is 2.96 bits per heavy atom. The molecule has 1 atom stereocenters. The lowest BCUT2D eigenvalue weighted by atomic mass is 10.1. The van der Waals surface area contributed by atoms with Crippen LogP contribution in [0.3, 0.4) is 0 Å². The lowest BCUT2D eigenvalue weighted by Gasteiger charge is -2.32. The normalized spacial score (nSPS) is 17.9. The number of carbonyl (C=O) groups is 2. The van der Waals surface area contributed by atoms with Crippen LogP contribution in [-0.2, 0) is 4.79 Å². The molecule has 126 valence electrons. The third-order valence-corrected chi connectivity index (χ3v) is 4.67. The molecule has 1 aliphatic rings. The second-order valence-corrected chi connectivity index (χ2v) is 6.45. The van der Waals surface area contributed by atoms with Crippen LogP contribution in [0.1, 0.15) is 29.6 Å². The Kier molecular flexibility index (Phi) is 6.53. The summed E-state index contributed by atoms with van der Waals surface area (Å²) in [4.78, 5) is 26.0. The Morgan fingerprint density at radius 1 is 1.43 bits per heavy atom.